The molecular formula is C19H23N2O4+. The van der Waals surface area contributed by atoms with Gasteiger partial charge in [-0.25, -0.2) is 0 Å². The number of rotatable bonds is 4. The molecule has 0 saturated carbocycles. The van der Waals surface area contributed by atoms with Crippen LogP contribution in [0.2, 0.25) is 0 Å². The maximum absolute atomic E-state index is 5.73. The average Bonchev–Trinajstić information content (AvgIpc) is 3.10. The van der Waals surface area contributed by atoms with E-state index in [0.29, 0.717) is 5.75 Å². The summed E-state index contributed by atoms with van der Waals surface area (Å²) in [5, 5.41) is 3.63. The smallest absolute Gasteiger partial charge is 0.231 e. The lowest BCUT2D eigenvalue weighted by molar-refractivity contribution is -0.910. The number of anilines is 1. The Labute approximate surface area is 147 Å². The van der Waals surface area contributed by atoms with Gasteiger partial charge in [0.15, 0.2) is 17.7 Å². The highest BCUT2D eigenvalue weighted by molar-refractivity contribution is 5.62. The topological polar surface area (TPSA) is 53.4 Å². The standard InChI is InChI=1S/C19H22N2O4/c1-21-8-7-12-9-15-17(25-11-24-15)18(23-3)16(12)19(21)20-13-5-4-6-14(10-13)22-2/h4-6,9-10,19-20H,7-8,11H2,1-3H3/p+1/t19-/m0/s1. The van der Waals surface area contributed by atoms with Gasteiger partial charge in [0.25, 0.3) is 0 Å². The van der Waals surface area contributed by atoms with Gasteiger partial charge in [-0.3, -0.25) is 0 Å². The molecule has 2 heterocycles. The number of quaternary nitrogens is 1. The molecule has 0 saturated heterocycles. The van der Waals surface area contributed by atoms with Crippen LogP contribution >= 0.6 is 0 Å². The molecule has 2 aliphatic rings. The molecule has 4 rings (SSSR count). The summed E-state index contributed by atoms with van der Waals surface area (Å²) in [7, 11) is 5.55. The van der Waals surface area contributed by atoms with Crippen molar-refractivity contribution in [3.05, 3.63) is 41.5 Å². The van der Waals surface area contributed by atoms with Crippen molar-refractivity contribution in [2.45, 2.75) is 12.6 Å². The zero-order chi connectivity index (χ0) is 17.4. The zero-order valence-corrected chi connectivity index (χ0v) is 14.7. The highest BCUT2D eigenvalue weighted by atomic mass is 16.7. The molecular weight excluding hydrogens is 320 g/mol. The summed E-state index contributed by atoms with van der Waals surface area (Å²) in [5.41, 5.74) is 3.39. The minimum Gasteiger partial charge on any atom is -0.497 e. The Hall–Kier alpha value is -2.60. The van der Waals surface area contributed by atoms with Crippen molar-refractivity contribution in [2.24, 2.45) is 0 Å². The minimum atomic E-state index is 0.0558. The van der Waals surface area contributed by atoms with Crippen LogP contribution in [-0.4, -0.2) is 34.6 Å². The van der Waals surface area contributed by atoms with Gasteiger partial charge < -0.3 is 29.2 Å². The van der Waals surface area contributed by atoms with Gasteiger partial charge in [0.05, 0.1) is 33.4 Å². The first-order valence-electron chi connectivity index (χ1n) is 8.43. The molecule has 2 aromatic carbocycles. The first kappa shape index (κ1) is 15.9. The van der Waals surface area contributed by atoms with E-state index in [1.54, 1.807) is 14.2 Å². The van der Waals surface area contributed by atoms with Crippen LogP contribution in [0.15, 0.2) is 30.3 Å². The fourth-order valence-electron chi connectivity index (χ4n) is 3.60. The number of fused-ring (bicyclic) bond motifs is 2. The summed E-state index contributed by atoms with van der Waals surface area (Å²) in [4.78, 5) is 1.37. The van der Waals surface area contributed by atoms with E-state index in [4.69, 9.17) is 18.9 Å². The summed E-state index contributed by atoms with van der Waals surface area (Å²) >= 11 is 0. The average molecular weight is 343 g/mol. The van der Waals surface area contributed by atoms with E-state index >= 15 is 0 Å². The quantitative estimate of drug-likeness (QED) is 0.883. The van der Waals surface area contributed by atoms with Gasteiger partial charge in [-0.15, -0.1) is 0 Å². The van der Waals surface area contributed by atoms with Crippen molar-refractivity contribution in [1.82, 2.24) is 0 Å². The van der Waals surface area contributed by atoms with Crippen LogP contribution in [0.4, 0.5) is 5.69 Å². The number of hydrogen-bond donors (Lipinski definition) is 2. The highest BCUT2D eigenvalue weighted by Crippen LogP contribution is 2.47. The second-order valence-electron chi connectivity index (χ2n) is 6.37. The first-order valence-corrected chi connectivity index (χ1v) is 8.43. The molecule has 0 amide bonds. The molecule has 132 valence electrons. The summed E-state index contributed by atoms with van der Waals surface area (Å²) in [6.45, 7) is 1.27. The third-order valence-corrected chi connectivity index (χ3v) is 4.90. The Balaban J connectivity index is 1.77. The fraction of sp³-hybridized carbons (Fsp3) is 0.368. The second-order valence-corrected chi connectivity index (χ2v) is 6.37. The van der Waals surface area contributed by atoms with E-state index in [0.717, 1.165) is 41.5 Å². The Bertz CT molecular complexity index is 793. The molecule has 0 fully saturated rings. The van der Waals surface area contributed by atoms with Crippen molar-refractivity contribution in [1.29, 1.82) is 0 Å². The predicted molar refractivity (Wildman–Crippen MR) is 93.9 cm³/mol. The van der Waals surface area contributed by atoms with E-state index in [2.05, 4.69) is 18.4 Å². The Morgan fingerprint density at radius 3 is 2.84 bits per heavy atom. The third kappa shape index (κ3) is 2.72. The van der Waals surface area contributed by atoms with Crippen molar-refractivity contribution >= 4 is 5.69 Å². The Kier molecular flexibility index (Phi) is 4.05. The summed E-state index contributed by atoms with van der Waals surface area (Å²) in [6.07, 6.45) is 1.03. The fourth-order valence-corrected chi connectivity index (χ4v) is 3.60. The van der Waals surface area contributed by atoms with Crippen LogP contribution in [0.5, 0.6) is 23.0 Å². The molecule has 2 aliphatic heterocycles. The van der Waals surface area contributed by atoms with Crippen LogP contribution < -0.4 is 29.2 Å². The molecule has 2 atom stereocenters. The van der Waals surface area contributed by atoms with E-state index in [1.165, 1.54) is 10.5 Å². The van der Waals surface area contributed by atoms with E-state index in [-0.39, 0.29) is 13.0 Å². The van der Waals surface area contributed by atoms with Crippen LogP contribution in [0.25, 0.3) is 0 Å². The number of ether oxygens (including phenoxy) is 4. The maximum Gasteiger partial charge on any atom is 0.231 e. The van der Waals surface area contributed by atoms with Gasteiger partial charge in [-0.05, 0) is 23.8 Å². The molecule has 0 spiro atoms. The predicted octanol–water partition coefficient (Wildman–Crippen LogP) is 1.61. The Morgan fingerprint density at radius 1 is 1.16 bits per heavy atom. The molecule has 6 heteroatoms. The molecule has 25 heavy (non-hydrogen) atoms. The summed E-state index contributed by atoms with van der Waals surface area (Å²) in [6, 6.07) is 10.1. The molecule has 0 aromatic heterocycles. The molecule has 2 aromatic rings. The van der Waals surface area contributed by atoms with Crippen LogP contribution in [0.3, 0.4) is 0 Å². The minimum absolute atomic E-state index is 0.0558. The van der Waals surface area contributed by atoms with E-state index in [9.17, 15) is 0 Å². The lowest BCUT2D eigenvalue weighted by Gasteiger charge is -2.33. The highest BCUT2D eigenvalue weighted by Gasteiger charge is 2.36. The van der Waals surface area contributed by atoms with Gasteiger partial charge >= 0.3 is 0 Å². The normalized spacial score (nSPS) is 20.8. The largest absolute Gasteiger partial charge is 0.497 e. The first-order chi connectivity index (χ1) is 12.2. The molecule has 0 radical (unpaired) electrons. The SMILES string of the molecule is COc1cccc(N[C@@H]2c3c(cc4c(c3OC)OCO4)CC[NH+]2C)c1. The van der Waals surface area contributed by atoms with E-state index in [1.807, 2.05) is 24.3 Å². The zero-order valence-electron chi connectivity index (χ0n) is 14.7. The van der Waals surface area contributed by atoms with Gasteiger partial charge in [-0.1, -0.05) is 6.07 Å². The van der Waals surface area contributed by atoms with Crippen LogP contribution in [0, 0.1) is 0 Å². The van der Waals surface area contributed by atoms with Gasteiger partial charge in [0, 0.05) is 18.2 Å². The number of benzene rings is 2. The van der Waals surface area contributed by atoms with Crippen molar-refractivity contribution in [2.75, 3.05) is 39.9 Å². The third-order valence-electron chi connectivity index (χ3n) is 4.90. The monoisotopic (exact) mass is 343 g/mol. The summed E-state index contributed by atoms with van der Waals surface area (Å²) < 4.78 is 22.3. The number of likely N-dealkylation sites (N-methyl/N-ethyl adjacent to an activating group) is 1. The molecule has 0 bridgehead atoms. The number of hydrogen-bond acceptors (Lipinski definition) is 5. The van der Waals surface area contributed by atoms with Gasteiger partial charge in [0.2, 0.25) is 12.5 Å². The van der Waals surface area contributed by atoms with Crippen molar-refractivity contribution in [3.8, 4) is 23.0 Å². The molecule has 1 unspecified atom stereocenters. The van der Waals surface area contributed by atoms with Crippen LogP contribution in [0.1, 0.15) is 17.3 Å². The van der Waals surface area contributed by atoms with Gasteiger partial charge in [0.1, 0.15) is 5.75 Å². The lowest BCUT2D eigenvalue weighted by atomic mass is 9.94. The lowest BCUT2D eigenvalue weighted by Crippen LogP contribution is -3.11. The maximum atomic E-state index is 5.73. The summed E-state index contributed by atoms with van der Waals surface area (Å²) in [5.74, 6) is 3.07. The van der Waals surface area contributed by atoms with E-state index < -0.39 is 0 Å². The Morgan fingerprint density at radius 2 is 2.04 bits per heavy atom. The molecule has 6 nitrogen and oxygen atoms in total. The van der Waals surface area contributed by atoms with Crippen molar-refractivity contribution < 1.29 is 23.8 Å². The molecule has 0 aliphatic carbocycles. The van der Waals surface area contributed by atoms with Gasteiger partial charge in [-0.2, -0.15) is 0 Å². The van der Waals surface area contributed by atoms with Crippen LogP contribution in [-0.2, 0) is 6.42 Å². The number of nitrogens with one attached hydrogen (secondary N) is 2. The number of methoxy groups -OCH3 is 2. The molecule has 2 N–H and O–H groups in total. The second kappa shape index (κ2) is 6.37. The van der Waals surface area contributed by atoms with Crippen molar-refractivity contribution in [3.63, 3.8) is 0 Å².